The Morgan fingerprint density at radius 2 is 1.96 bits per heavy atom. The number of hydrogen-bond acceptors (Lipinski definition) is 4. The summed E-state index contributed by atoms with van der Waals surface area (Å²) >= 11 is 6.13. The van der Waals surface area contributed by atoms with Crippen molar-refractivity contribution >= 4 is 29.0 Å². The van der Waals surface area contributed by atoms with Crippen LogP contribution in [0.1, 0.15) is 21.9 Å². The zero-order chi connectivity index (χ0) is 18.0. The lowest BCUT2D eigenvalue weighted by molar-refractivity contribution is 0.104. The van der Waals surface area contributed by atoms with Gasteiger partial charge in [0.25, 0.3) is 0 Å². The molecule has 0 unspecified atom stereocenters. The Morgan fingerprint density at radius 3 is 2.68 bits per heavy atom. The van der Waals surface area contributed by atoms with Crippen molar-refractivity contribution < 1.29 is 14.3 Å². The van der Waals surface area contributed by atoms with Crippen LogP contribution in [0.3, 0.4) is 0 Å². The van der Waals surface area contributed by atoms with Gasteiger partial charge in [-0.2, -0.15) is 0 Å². The summed E-state index contributed by atoms with van der Waals surface area (Å²) in [6, 6.07) is 8.96. The van der Waals surface area contributed by atoms with E-state index in [1.165, 1.54) is 20.3 Å². The second kappa shape index (κ2) is 6.99. The maximum Gasteiger partial charge on any atom is 0.189 e. The molecule has 1 aromatic carbocycles. The van der Waals surface area contributed by atoms with E-state index in [4.69, 9.17) is 21.1 Å². The molecule has 3 aromatic rings. The van der Waals surface area contributed by atoms with Gasteiger partial charge in [-0.25, -0.2) is 4.98 Å². The highest BCUT2D eigenvalue weighted by molar-refractivity contribution is 6.32. The molecule has 0 amide bonds. The number of aryl methyl sites for hydroxylation is 1. The molecule has 3 rings (SSSR count). The summed E-state index contributed by atoms with van der Waals surface area (Å²) in [5.41, 5.74) is 2.03. The Labute approximate surface area is 150 Å². The van der Waals surface area contributed by atoms with Gasteiger partial charge in [-0.15, -0.1) is 0 Å². The van der Waals surface area contributed by atoms with Crippen molar-refractivity contribution in [1.29, 1.82) is 0 Å². The number of carbonyl (C=O) groups excluding carboxylic acids is 1. The number of imidazole rings is 1. The SMILES string of the molecule is COc1cc(OC)c(C(=O)/C=C/c2nc(C)n3ccccc23)cc1Cl. The average Bonchev–Trinajstić information content (AvgIpc) is 2.96. The molecule has 0 radical (unpaired) electrons. The van der Waals surface area contributed by atoms with Crippen molar-refractivity contribution in [3.63, 3.8) is 0 Å². The van der Waals surface area contributed by atoms with Crippen molar-refractivity contribution in [3.05, 3.63) is 64.7 Å². The van der Waals surface area contributed by atoms with E-state index in [0.29, 0.717) is 22.1 Å². The topological polar surface area (TPSA) is 52.8 Å². The van der Waals surface area contributed by atoms with Gasteiger partial charge in [0.2, 0.25) is 0 Å². The minimum atomic E-state index is -0.226. The molecule has 0 aliphatic heterocycles. The normalized spacial score (nSPS) is 11.2. The fourth-order valence-corrected chi connectivity index (χ4v) is 2.88. The van der Waals surface area contributed by atoms with Gasteiger partial charge in [0, 0.05) is 12.3 Å². The third-order valence-electron chi connectivity index (χ3n) is 3.89. The van der Waals surface area contributed by atoms with Crippen LogP contribution in [0.15, 0.2) is 42.6 Å². The monoisotopic (exact) mass is 356 g/mol. The smallest absolute Gasteiger partial charge is 0.189 e. The molecule has 0 fully saturated rings. The number of benzene rings is 1. The molecule has 0 saturated carbocycles. The molecule has 0 aliphatic rings. The molecule has 5 nitrogen and oxygen atoms in total. The molecule has 2 heterocycles. The highest BCUT2D eigenvalue weighted by Gasteiger charge is 2.15. The minimum Gasteiger partial charge on any atom is -0.496 e. The van der Waals surface area contributed by atoms with E-state index in [1.807, 2.05) is 35.7 Å². The van der Waals surface area contributed by atoms with Gasteiger partial charge in [-0.3, -0.25) is 4.79 Å². The highest BCUT2D eigenvalue weighted by atomic mass is 35.5. The molecule has 2 aromatic heterocycles. The lowest BCUT2D eigenvalue weighted by Crippen LogP contribution is -2.00. The van der Waals surface area contributed by atoms with Crippen molar-refractivity contribution in [1.82, 2.24) is 9.38 Å². The van der Waals surface area contributed by atoms with E-state index in [1.54, 1.807) is 18.2 Å². The van der Waals surface area contributed by atoms with Gasteiger partial charge in [-0.1, -0.05) is 17.7 Å². The number of fused-ring (bicyclic) bond motifs is 1. The standard InChI is InChI=1S/C19H17ClN2O3/c1-12-21-15(16-6-4-5-9-22(12)16)7-8-17(23)13-10-14(20)19(25-3)11-18(13)24-2/h4-11H,1-3H3/b8-7+. The van der Waals surface area contributed by atoms with Gasteiger partial charge in [-0.05, 0) is 37.3 Å². The quantitative estimate of drug-likeness (QED) is 0.507. The fourth-order valence-electron chi connectivity index (χ4n) is 2.64. The third-order valence-corrected chi connectivity index (χ3v) is 4.18. The summed E-state index contributed by atoms with van der Waals surface area (Å²) in [7, 11) is 3.00. The number of rotatable bonds is 5. The Balaban J connectivity index is 1.96. The maximum absolute atomic E-state index is 12.6. The summed E-state index contributed by atoms with van der Waals surface area (Å²) in [6.07, 6.45) is 5.10. The van der Waals surface area contributed by atoms with Gasteiger partial charge < -0.3 is 13.9 Å². The lowest BCUT2D eigenvalue weighted by Gasteiger charge is -2.10. The summed E-state index contributed by atoms with van der Waals surface area (Å²) in [6.45, 7) is 1.92. The maximum atomic E-state index is 12.6. The van der Waals surface area contributed by atoms with Gasteiger partial charge in [0.15, 0.2) is 5.78 Å². The third kappa shape index (κ3) is 3.23. The number of ether oxygens (including phenoxy) is 2. The minimum absolute atomic E-state index is 0.226. The number of pyridine rings is 1. The number of methoxy groups -OCH3 is 2. The Hall–Kier alpha value is -2.79. The summed E-state index contributed by atoms with van der Waals surface area (Å²) in [4.78, 5) is 17.1. The number of hydrogen-bond donors (Lipinski definition) is 0. The Bertz CT molecular complexity index is 976. The van der Waals surface area contributed by atoms with Crippen LogP contribution in [-0.4, -0.2) is 29.4 Å². The van der Waals surface area contributed by atoms with E-state index in [9.17, 15) is 4.79 Å². The lowest BCUT2D eigenvalue weighted by atomic mass is 10.1. The number of aromatic nitrogens is 2. The molecule has 0 N–H and O–H groups in total. The Morgan fingerprint density at radius 1 is 1.20 bits per heavy atom. The van der Waals surface area contributed by atoms with Crippen molar-refractivity contribution in [2.45, 2.75) is 6.92 Å². The predicted octanol–water partition coefficient (Wildman–Crippen LogP) is 4.21. The fraction of sp³-hybridized carbons (Fsp3) is 0.158. The van der Waals surface area contributed by atoms with E-state index < -0.39 is 0 Å². The van der Waals surface area contributed by atoms with Crippen LogP contribution in [0.4, 0.5) is 0 Å². The number of halogens is 1. The molecule has 25 heavy (non-hydrogen) atoms. The summed E-state index contributed by atoms with van der Waals surface area (Å²) < 4.78 is 12.4. The highest BCUT2D eigenvalue weighted by Crippen LogP contribution is 2.33. The first kappa shape index (κ1) is 17.0. The molecule has 0 saturated heterocycles. The molecule has 6 heteroatoms. The molecule has 128 valence electrons. The summed E-state index contributed by atoms with van der Waals surface area (Å²) in [5.74, 6) is 1.49. The van der Waals surface area contributed by atoms with E-state index in [0.717, 1.165) is 17.0 Å². The van der Waals surface area contributed by atoms with Crippen molar-refractivity contribution in [2.24, 2.45) is 0 Å². The van der Waals surface area contributed by atoms with E-state index in [-0.39, 0.29) is 5.78 Å². The van der Waals surface area contributed by atoms with Gasteiger partial charge >= 0.3 is 0 Å². The van der Waals surface area contributed by atoms with Crippen LogP contribution in [0.5, 0.6) is 11.5 Å². The second-order valence-corrected chi connectivity index (χ2v) is 5.79. The molecule has 0 atom stereocenters. The van der Waals surface area contributed by atoms with Crippen molar-refractivity contribution in [3.8, 4) is 11.5 Å². The molecule has 0 spiro atoms. The number of carbonyl (C=O) groups is 1. The summed E-state index contributed by atoms with van der Waals surface area (Å²) in [5, 5.41) is 0.350. The molecule has 0 aliphatic carbocycles. The van der Waals surface area contributed by atoms with Crippen LogP contribution < -0.4 is 9.47 Å². The van der Waals surface area contributed by atoms with Crippen LogP contribution in [0.2, 0.25) is 5.02 Å². The largest absolute Gasteiger partial charge is 0.496 e. The first-order chi connectivity index (χ1) is 12.0. The first-order valence-electron chi connectivity index (χ1n) is 7.62. The Kier molecular flexibility index (Phi) is 4.76. The average molecular weight is 357 g/mol. The van der Waals surface area contributed by atoms with Gasteiger partial charge in [0.1, 0.15) is 17.3 Å². The van der Waals surface area contributed by atoms with Gasteiger partial charge in [0.05, 0.1) is 36.0 Å². The molecular formula is C19H17ClN2O3. The van der Waals surface area contributed by atoms with Crippen molar-refractivity contribution in [2.75, 3.05) is 14.2 Å². The number of allylic oxidation sites excluding steroid dienone is 1. The molecular weight excluding hydrogens is 340 g/mol. The second-order valence-electron chi connectivity index (χ2n) is 5.38. The zero-order valence-electron chi connectivity index (χ0n) is 14.1. The zero-order valence-corrected chi connectivity index (χ0v) is 14.9. The first-order valence-corrected chi connectivity index (χ1v) is 8.00. The number of ketones is 1. The van der Waals surface area contributed by atoms with E-state index >= 15 is 0 Å². The number of nitrogens with zero attached hydrogens (tertiary/aromatic N) is 2. The van der Waals surface area contributed by atoms with E-state index in [2.05, 4.69) is 4.98 Å². The van der Waals surface area contributed by atoms with Crippen LogP contribution in [-0.2, 0) is 0 Å². The molecule has 0 bridgehead atoms. The van der Waals surface area contributed by atoms with Crippen LogP contribution in [0.25, 0.3) is 11.6 Å². The van der Waals surface area contributed by atoms with Crippen LogP contribution >= 0.6 is 11.6 Å². The van der Waals surface area contributed by atoms with Crippen LogP contribution in [0, 0.1) is 6.92 Å². The predicted molar refractivity (Wildman–Crippen MR) is 97.8 cm³/mol.